The molecule has 0 saturated carbocycles. The summed E-state index contributed by atoms with van der Waals surface area (Å²) in [6.45, 7) is 2.17. The van der Waals surface area contributed by atoms with Crippen LogP contribution in [0.15, 0.2) is 17.7 Å². The molecule has 1 aromatic rings. The summed E-state index contributed by atoms with van der Waals surface area (Å²) in [6, 6.07) is 3.60. The van der Waals surface area contributed by atoms with Crippen LogP contribution < -0.4 is 10.5 Å². The zero-order chi connectivity index (χ0) is 12.4. The zero-order valence-electron chi connectivity index (χ0n) is 9.95. The SMILES string of the molecule is CCOC(=O)C1=Cc2cc(N)cc(OC)c2C1. The van der Waals surface area contributed by atoms with E-state index >= 15 is 0 Å². The summed E-state index contributed by atoms with van der Waals surface area (Å²) in [5, 5.41) is 0. The van der Waals surface area contributed by atoms with Gasteiger partial charge in [-0.1, -0.05) is 0 Å². The Bertz CT molecular complexity index is 492. The number of hydrogen-bond acceptors (Lipinski definition) is 4. The van der Waals surface area contributed by atoms with Gasteiger partial charge in [-0.2, -0.15) is 0 Å². The van der Waals surface area contributed by atoms with Gasteiger partial charge >= 0.3 is 5.97 Å². The molecule has 1 aliphatic rings. The van der Waals surface area contributed by atoms with Crippen LogP contribution in [0, 0.1) is 0 Å². The summed E-state index contributed by atoms with van der Waals surface area (Å²) >= 11 is 0. The number of nitrogen functional groups attached to an aromatic ring is 1. The molecule has 0 atom stereocenters. The van der Waals surface area contributed by atoms with E-state index in [2.05, 4.69) is 0 Å². The van der Waals surface area contributed by atoms with E-state index in [1.807, 2.05) is 12.1 Å². The van der Waals surface area contributed by atoms with E-state index in [9.17, 15) is 4.79 Å². The van der Waals surface area contributed by atoms with E-state index in [0.717, 1.165) is 16.9 Å². The van der Waals surface area contributed by atoms with Gasteiger partial charge in [0, 0.05) is 29.3 Å². The van der Waals surface area contributed by atoms with Crippen LogP contribution in [0.3, 0.4) is 0 Å². The van der Waals surface area contributed by atoms with Gasteiger partial charge in [-0.3, -0.25) is 0 Å². The Kier molecular flexibility index (Phi) is 3.04. The molecule has 0 saturated heterocycles. The number of carbonyl (C=O) groups excluding carboxylic acids is 1. The van der Waals surface area contributed by atoms with Crippen LogP contribution in [0.2, 0.25) is 0 Å². The van der Waals surface area contributed by atoms with Crippen molar-refractivity contribution >= 4 is 17.7 Å². The summed E-state index contributed by atoms with van der Waals surface area (Å²) in [4.78, 5) is 11.6. The summed E-state index contributed by atoms with van der Waals surface area (Å²) < 4.78 is 10.2. The van der Waals surface area contributed by atoms with E-state index in [1.54, 1.807) is 20.1 Å². The van der Waals surface area contributed by atoms with Crippen molar-refractivity contribution in [1.82, 2.24) is 0 Å². The lowest BCUT2D eigenvalue weighted by atomic mass is 10.1. The van der Waals surface area contributed by atoms with E-state index in [4.69, 9.17) is 15.2 Å². The number of esters is 1. The first-order chi connectivity index (χ1) is 8.15. The van der Waals surface area contributed by atoms with Crippen molar-refractivity contribution in [2.75, 3.05) is 19.5 Å². The van der Waals surface area contributed by atoms with Gasteiger partial charge in [-0.05, 0) is 24.6 Å². The van der Waals surface area contributed by atoms with Gasteiger partial charge in [0.15, 0.2) is 0 Å². The van der Waals surface area contributed by atoms with Gasteiger partial charge in [-0.25, -0.2) is 4.79 Å². The minimum atomic E-state index is -0.274. The number of benzene rings is 1. The molecule has 4 nitrogen and oxygen atoms in total. The predicted molar refractivity (Wildman–Crippen MR) is 65.7 cm³/mol. The summed E-state index contributed by atoms with van der Waals surface area (Å²) in [5.41, 5.74) is 8.96. The monoisotopic (exact) mass is 233 g/mol. The first-order valence-electron chi connectivity index (χ1n) is 5.49. The number of hydrogen-bond donors (Lipinski definition) is 1. The largest absolute Gasteiger partial charge is 0.496 e. The molecule has 17 heavy (non-hydrogen) atoms. The molecule has 0 aromatic heterocycles. The highest BCUT2D eigenvalue weighted by molar-refractivity contribution is 5.97. The minimum Gasteiger partial charge on any atom is -0.496 e. The van der Waals surface area contributed by atoms with Gasteiger partial charge in [0.2, 0.25) is 0 Å². The van der Waals surface area contributed by atoms with Crippen molar-refractivity contribution in [2.45, 2.75) is 13.3 Å². The second-order valence-electron chi connectivity index (χ2n) is 3.86. The fraction of sp³-hybridized carbons (Fsp3) is 0.308. The number of carbonyl (C=O) groups is 1. The van der Waals surface area contributed by atoms with Gasteiger partial charge < -0.3 is 15.2 Å². The molecule has 1 aliphatic carbocycles. The van der Waals surface area contributed by atoms with Crippen molar-refractivity contribution in [3.05, 3.63) is 28.8 Å². The highest BCUT2D eigenvalue weighted by atomic mass is 16.5. The molecular formula is C13H15NO3. The first-order valence-corrected chi connectivity index (χ1v) is 5.49. The van der Waals surface area contributed by atoms with E-state index in [-0.39, 0.29) is 5.97 Å². The lowest BCUT2D eigenvalue weighted by molar-refractivity contribution is -0.138. The first kappa shape index (κ1) is 11.5. The number of anilines is 1. The maximum absolute atomic E-state index is 11.6. The molecule has 0 aliphatic heterocycles. The lowest BCUT2D eigenvalue weighted by Crippen LogP contribution is -2.07. The molecular weight excluding hydrogens is 218 g/mol. The Morgan fingerprint density at radius 3 is 2.88 bits per heavy atom. The van der Waals surface area contributed by atoms with Crippen molar-refractivity contribution in [3.63, 3.8) is 0 Å². The summed E-state index contributed by atoms with van der Waals surface area (Å²) in [7, 11) is 1.59. The average molecular weight is 233 g/mol. The van der Waals surface area contributed by atoms with Crippen molar-refractivity contribution in [3.8, 4) is 5.75 Å². The molecule has 0 fully saturated rings. The number of nitrogens with two attached hydrogens (primary N) is 1. The lowest BCUT2D eigenvalue weighted by Gasteiger charge is -2.08. The van der Waals surface area contributed by atoms with Gasteiger partial charge in [0.1, 0.15) is 5.75 Å². The molecule has 0 heterocycles. The fourth-order valence-corrected chi connectivity index (χ4v) is 1.97. The molecule has 90 valence electrons. The Morgan fingerprint density at radius 2 is 2.24 bits per heavy atom. The Morgan fingerprint density at radius 1 is 1.47 bits per heavy atom. The fourth-order valence-electron chi connectivity index (χ4n) is 1.97. The minimum absolute atomic E-state index is 0.274. The van der Waals surface area contributed by atoms with Crippen LogP contribution in [-0.4, -0.2) is 19.7 Å². The van der Waals surface area contributed by atoms with Crippen LogP contribution in [-0.2, 0) is 16.0 Å². The summed E-state index contributed by atoms with van der Waals surface area (Å²) in [6.07, 6.45) is 2.35. The number of ether oxygens (including phenoxy) is 2. The highest BCUT2D eigenvalue weighted by Gasteiger charge is 2.22. The molecule has 0 amide bonds. The third-order valence-corrected chi connectivity index (χ3v) is 2.72. The van der Waals surface area contributed by atoms with E-state index in [1.165, 1.54) is 0 Å². The Hall–Kier alpha value is -1.97. The van der Waals surface area contributed by atoms with Crippen molar-refractivity contribution < 1.29 is 14.3 Å². The molecule has 0 bridgehead atoms. The Labute approximate surface area is 100 Å². The second-order valence-corrected chi connectivity index (χ2v) is 3.86. The van der Waals surface area contributed by atoms with E-state index in [0.29, 0.717) is 24.3 Å². The van der Waals surface area contributed by atoms with E-state index < -0.39 is 0 Å². The summed E-state index contributed by atoms with van der Waals surface area (Å²) in [5.74, 6) is 0.444. The normalized spacial score (nSPS) is 12.9. The molecule has 1 aromatic carbocycles. The average Bonchev–Trinajstić information content (AvgIpc) is 2.71. The highest BCUT2D eigenvalue weighted by Crippen LogP contribution is 2.35. The van der Waals surface area contributed by atoms with Crippen molar-refractivity contribution in [1.29, 1.82) is 0 Å². The third kappa shape index (κ3) is 2.11. The Balaban J connectivity index is 2.33. The van der Waals surface area contributed by atoms with Gasteiger partial charge in [0.25, 0.3) is 0 Å². The zero-order valence-corrected chi connectivity index (χ0v) is 9.95. The molecule has 2 N–H and O–H groups in total. The molecule has 2 rings (SSSR count). The molecule has 0 unspecified atom stereocenters. The van der Waals surface area contributed by atoms with Crippen LogP contribution in [0.4, 0.5) is 5.69 Å². The molecule has 4 heteroatoms. The maximum Gasteiger partial charge on any atom is 0.334 e. The second kappa shape index (κ2) is 4.49. The third-order valence-electron chi connectivity index (χ3n) is 2.72. The quantitative estimate of drug-likeness (QED) is 0.638. The van der Waals surface area contributed by atoms with Crippen LogP contribution in [0.25, 0.3) is 6.08 Å². The number of methoxy groups -OCH3 is 1. The maximum atomic E-state index is 11.6. The molecule has 0 radical (unpaired) electrons. The van der Waals surface area contributed by atoms with Gasteiger partial charge in [-0.15, -0.1) is 0 Å². The van der Waals surface area contributed by atoms with Crippen LogP contribution in [0.1, 0.15) is 18.1 Å². The number of rotatable bonds is 3. The smallest absolute Gasteiger partial charge is 0.334 e. The van der Waals surface area contributed by atoms with Gasteiger partial charge in [0.05, 0.1) is 13.7 Å². The van der Waals surface area contributed by atoms with Crippen LogP contribution >= 0.6 is 0 Å². The predicted octanol–water partition coefficient (Wildman–Crippen LogP) is 1.78. The van der Waals surface area contributed by atoms with Crippen LogP contribution in [0.5, 0.6) is 5.75 Å². The standard InChI is InChI=1S/C13H15NO3/c1-3-17-13(15)9-4-8-5-10(14)7-12(16-2)11(8)6-9/h4-5,7H,3,6,14H2,1-2H3. The topological polar surface area (TPSA) is 61.5 Å². The molecule has 0 spiro atoms. The number of fused-ring (bicyclic) bond motifs is 1. The van der Waals surface area contributed by atoms with Crippen molar-refractivity contribution in [2.24, 2.45) is 0 Å².